The fraction of sp³-hybridized carbons (Fsp3) is 0.118. The molecule has 2 amide bonds. The van der Waals surface area contributed by atoms with Gasteiger partial charge in [-0.05, 0) is 41.6 Å². The lowest BCUT2D eigenvalue weighted by molar-refractivity contribution is -0.126. The first kappa shape index (κ1) is 16.1. The molecule has 3 rings (SSSR count). The molecular formula is C17H14N2O4S. The van der Waals surface area contributed by atoms with E-state index in [1.807, 2.05) is 30.3 Å². The van der Waals surface area contributed by atoms with Crippen molar-refractivity contribution in [2.45, 2.75) is 11.9 Å². The lowest BCUT2D eigenvalue weighted by Crippen LogP contribution is -2.33. The third kappa shape index (κ3) is 3.41. The highest BCUT2D eigenvalue weighted by Crippen LogP contribution is 2.29. The zero-order valence-corrected chi connectivity index (χ0v) is 13.3. The van der Waals surface area contributed by atoms with Gasteiger partial charge in [0.1, 0.15) is 0 Å². The minimum Gasteiger partial charge on any atom is -0.478 e. The predicted molar refractivity (Wildman–Crippen MR) is 90.8 cm³/mol. The van der Waals surface area contributed by atoms with Gasteiger partial charge in [-0.15, -0.1) is 0 Å². The van der Waals surface area contributed by atoms with Gasteiger partial charge in [0.25, 0.3) is 11.1 Å². The van der Waals surface area contributed by atoms with E-state index < -0.39 is 11.3 Å². The van der Waals surface area contributed by atoms with Crippen molar-refractivity contribution in [3.63, 3.8) is 0 Å². The summed E-state index contributed by atoms with van der Waals surface area (Å²) in [6.07, 6.45) is 0. The van der Waals surface area contributed by atoms with Gasteiger partial charge in [-0.2, -0.15) is 0 Å². The zero-order chi connectivity index (χ0) is 17.1. The van der Waals surface area contributed by atoms with Gasteiger partial charge in [0.15, 0.2) is 5.37 Å². The van der Waals surface area contributed by atoms with Crippen molar-refractivity contribution in [3.8, 4) is 0 Å². The van der Waals surface area contributed by atoms with E-state index in [1.165, 1.54) is 17.0 Å². The van der Waals surface area contributed by atoms with Crippen LogP contribution in [0.1, 0.15) is 15.9 Å². The number of carboxylic acids is 1. The molecule has 0 aliphatic carbocycles. The Morgan fingerprint density at radius 3 is 2.38 bits per heavy atom. The molecule has 6 nitrogen and oxygen atoms in total. The van der Waals surface area contributed by atoms with Crippen molar-refractivity contribution < 1.29 is 19.5 Å². The number of nitrogens with one attached hydrogen (secondary N) is 1. The molecule has 1 fully saturated rings. The molecule has 2 aromatic carbocycles. The number of amides is 2. The summed E-state index contributed by atoms with van der Waals surface area (Å²) in [5, 5.41) is 10.9. The standard InChI is InChI=1S/C17H14N2O4S/c20-15-14(18-13-4-2-1-3-5-13)24-17(23)19(15)10-11-6-8-12(9-7-11)16(21)22/h1-9,14,18H,10H2,(H,21,22)/t14-/m0/s1. The average molecular weight is 342 g/mol. The van der Waals surface area contributed by atoms with Crippen LogP contribution in [0.3, 0.4) is 0 Å². The number of carbonyl (C=O) groups excluding carboxylic acids is 2. The summed E-state index contributed by atoms with van der Waals surface area (Å²) in [4.78, 5) is 36.5. The summed E-state index contributed by atoms with van der Waals surface area (Å²) in [5.41, 5.74) is 1.63. The normalized spacial score (nSPS) is 17.2. The highest BCUT2D eigenvalue weighted by Gasteiger charge is 2.39. The van der Waals surface area contributed by atoms with E-state index in [1.54, 1.807) is 12.1 Å². The number of imide groups is 1. The van der Waals surface area contributed by atoms with Gasteiger partial charge in [-0.3, -0.25) is 14.5 Å². The van der Waals surface area contributed by atoms with Crippen molar-refractivity contribution in [2.24, 2.45) is 0 Å². The maximum absolute atomic E-state index is 12.4. The van der Waals surface area contributed by atoms with Gasteiger partial charge in [0.05, 0.1) is 12.1 Å². The third-order valence-corrected chi connectivity index (χ3v) is 4.52. The molecule has 24 heavy (non-hydrogen) atoms. The second kappa shape index (κ2) is 6.76. The second-order valence-corrected chi connectivity index (χ2v) is 6.26. The molecule has 0 aromatic heterocycles. The van der Waals surface area contributed by atoms with Gasteiger partial charge in [-0.1, -0.05) is 30.3 Å². The fourth-order valence-corrected chi connectivity index (χ4v) is 3.21. The molecule has 2 N–H and O–H groups in total. The summed E-state index contributed by atoms with van der Waals surface area (Å²) in [5.74, 6) is -1.33. The maximum atomic E-state index is 12.4. The van der Waals surface area contributed by atoms with Gasteiger partial charge in [0.2, 0.25) is 0 Å². The SMILES string of the molecule is O=C(O)c1ccc(CN2C(=O)S[C@H](Nc3ccccc3)C2=O)cc1. The van der Waals surface area contributed by atoms with Crippen LogP contribution in [0, 0.1) is 0 Å². The first-order valence-electron chi connectivity index (χ1n) is 7.20. The molecule has 1 saturated heterocycles. The zero-order valence-electron chi connectivity index (χ0n) is 12.5. The Balaban J connectivity index is 1.69. The van der Waals surface area contributed by atoms with Gasteiger partial charge < -0.3 is 10.4 Å². The van der Waals surface area contributed by atoms with Crippen molar-refractivity contribution in [1.82, 2.24) is 4.90 Å². The monoisotopic (exact) mass is 342 g/mol. The number of carbonyl (C=O) groups is 3. The van der Waals surface area contributed by atoms with E-state index in [2.05, 4.69) is 5.32 Å². The number of hydrogen-bond donors (Lipinski definition) is 2. The predicted octanol–water partition coefficient (Wildman–Crippen LogP) is 3.02. The number of rotatable bonds is 5. The van der Waals surface area contributed by atoms with Crippen LogP contribution >= 0.6 is 11.8 Å². The van der Waals surface area contributed by atoms with Crippen LogP contribution in [0.4, 0.5) is 10.5 Å². The number of nitrogens with zero attached hydrogens (tertiary/aromatic N) is 1. The number of aromatic carboxylic acids is 1. The lowest BCUT2D eigenvalue weighted by atomic mass is 10.1. The van der Waals surface area contributed by atoms with E-state index in [0.717, 1.165) is 17.4 Å². The molecule has 0 radical (unpaired) electrons. The highest BCUT2D eigenvalue weighted by atomic mass is 32.2. The summed E-state index contributed by atoms with van der Waals surface area (Å²) in [6.45, 7) is 0.123. The van der Waals surface area contributed by atoms with Gasteiger partial charge >= 0.3 is 5.97 Å². The Hall–Kier alpha value is -2.80. The molecule has 122 valence electrons. The van der Waals surface area contributed by atoms with Crippen molar-refractivity contribution in [2.75, 3.05) is 5.32 Å². The largest absolute Gasteiger partial charge is 0.478 e. The van der Waals surface area contributed by atoms with E-state index in [0.29, 0.717) is 5.56 Å². The quantitative estimate of drug-likeness (QED) is 0.868. The molecule has 1 aliphatic heterocycles. The summed E-state index contributed by atoms with van der Waals surface area (Å²) >= 11 is 0.936. The molecule has 0 spiro atoms. The number of anilines is 1. The minimum absolute atomic E-state index is 0.123. The molecule has 0 saturated carbocycles. The highest BCUT2D eigenvalue weighted by molar-refractivity contribution is 8.15. The van der Waals surface area contributed by atoms with Crippen LogP contribution in [0.5, 0.6) is 0 Å². The van der Waals surface area contributed by atoms with E-state index in [9.17, 15) is 14.4 Å². The smallest absolute Gasteiger partial charge is 0.335 e. The molecule has 2 aromatic rings. The number of hydrogen-bond acceptors (Lipinski definition) is 5. The van der Waals surface area contributed by atoms with Crippen LogP contribution < -0.4 is 5.32 Å². The summed E-state index contributed by atoms with van der Waals surface area (Å²) in [7, 11) is 0. The average Bonchev–Trinajstić information content (AvgIpc) is 2.84. The Morgan fingerprint density at radius 1 is 1.08 bits per heavy atom. The Kier molecular flexibility index (Phi) is 4.52. The lowest BCUT2D eigenvalue weighted by Gasteiger charge is -2.15. The van der Waals surface area contributed by atoms with Crippen molar-refractivity contribution >= 4 is 34.6 Å². The number of para-hydroxylation sites is 1. The first-order chi connectivity index (χ1) is 11.5. The van der Waals surface area contributed by atoms with Gasteiger partial charge in [0, 0.05) is 5.69 Å². The van der Waals surface area contributed by atoms with E-state index in [-0.39, 0.29) is 23.3 Å². The Morgan fingerprint density at radius 2 is 1.75 bits per heavy atom. The van der Waals surface area contributed by atoms with Crippen molar-refractivity contribution in [1.29, 1.82) is 0 Å². The van der Waals surface area contributed by atoms with Crippen LogP contribution in [0.2, 0.25) is 0 Å². The molecule has 1 aliphatic rings. The van der Waals surface area contributed by atoms with E-state index in [4.69, 9.17) is 5.11 Å². The number of thioether (sulfide) groups is 1. The maximum Gasteiger partial charge on any atom is 0.335 e. The van der Waals surface area contributed by atoms with Crippen LogP contribution in [-0.4, -0.2) is 32.5 Å². The van der Waals surface area contributed by atoms with E-state index >= 15 is 0 Å². The van der Waals surface area contributed by atoms with Crippen LogP contribution in [0.25, 0.3) is 0 Å². The minimum atomic E-state index is -1.02. The molecule has 7 heteroatoms. The molecule has 0 bridgehead atoms. The molecule has 1 heterocycles. The number of carboxylic acid groups (broad SMARTS) is 1. The number of benzene rings is 2. The topological polar surface area (TPSA) is 86.7 Å². The third-order valence-electron chi connectivity index (χ3n) is 3.54. The summed E-state index contributed by atoms with van der Waals surface area (Å²) in [6, 6.07) is 15.3. The fourth-order valence-electron chi connectivity index (χ4n) is 2.30. The molecule has 0 unspecified atom stereocenters. The molecular weight excluding hydrogens is 328 g/mol. The van der Waals surface area contributed by atoms with Crippen LogP contribution in [-0.2, 0) is 11.3 Å². The first-order valence-corrected chi connectivity index (χ1v) is 8.08. The second-order valence-electron chi connectivity index (χ2n) is 5.20. The van der Waals surface area contributed by atoms with Crippen LogP contribution in [0.15, 0.2) is 54.6 Å². The molecule has 1 atom stereocenters. The Bertz CT molecular complexity index is 777. The Labute approximate surface area is 142 Å². The van der Waals surface area contributed by atoms with Crippen molar-refractivity contribution in [3.05, 3.63) is 65.7 Å². The van der Waals surface area contributed by atoms with Gasteiger partial charge in [-0.25, -0.2) is 4.79 Å². The summed E-state index contributed by atoms with van der Waals surface area (Å²) < 4.78 is 0.